The van der Waals surface area contributed by atoms with E-state index in [1.54, 1.807) is 18.2 Å². The first-order chi connectivity index (χ1) is 9.10. The lowest BCUT2D eigenvalue weighted by molar-refractivity contribution is 0.0945. The first kappa shape index (κ1) is 13.7. The summed E-state index contributed by atoms with van der Waals surface area (Å²) >= 11 is 3.26. The summed E-state index contributed by atoms with van der Waals surface area (Å²) in [5.41, 5.74) is 1.63. The van der Waals surface area contributed by atoms with Gasteiger partial charge in [0, 0.05) is 22.3 Å². The van der Waals surface area contributed by atoms with Gasteiger partial charge in [0.1, 0.15) is 11.5 Å². The van der Waals surface area contributed by atoms with Gasteiger partial charge < -0.3 is 5.32 Å². The fourth-order valence-corrected chi connectivity index (χ4v) is 2.01. The first-order valence-corrected chi connectivity index (χ1v) is 6.66. The van der Waals surface area contributed by atoms with Gasteiger partial charge in [0.25, 0.3) is 5.91 Å². The molecule has 0 atom stereocenters. The number of hydrogen-bond acceptors (Lipinski definition) is 2. The van der Waals surface area contributed by atoms with E-state index < -0.39 is 0 Å². The van der Waals surface area contributed by atoms with E-state index in [2.05, 4.69) is 31.4 Å². The minimum absolute atomic E-state index is 0.123. The number of carbonyl (C=O) groups is 1. The van der Waals surface area contributed by atoms with Crippen LogP contribution in [0.15, 0.2) is 28.7 Å². The van der Waals surface area contributed by atoms with Gasteiger partial charge in [-0.2, -0.15) is 5.10 Å². The molecule has 2 N–H and O–H groups in total. The molecule has 1 aromatic carbocycles. The molecule has 2 aromatic rings. The Bertz CT molecular complexity index is 597. The molecule has 6 heteroatoms. The lowest BCUT2D eigenvalue weighted by Gasteiger charge is -2.05. The maximum atomic E-state index is 13.5. The molecule has 0 unspecified atom stereocenters. The predicted octanol–water partition coefficient (Wildman–Crippen LogP) is 2.80. The van der Waals surface area contributed by atoms with Gasteiger partial charge in [0.05, 0.1) is 0 Å². The number of aryl methyl sites for hydroxylation is 1. The second-order valence-electron chi connectivity index (χ2n) is 4.05. The molecule has 0 saturated carbocycles. The smallest absolute Gasteiger partial charge is 0.272 e. The third kappa shape index (κ3) is 3.41. The SMILES string of the molecule is CCc1cc(C(=O)NCc2cc(Br)ccc2F)n[nH]1. The molecular weight excluding hydrogens is 313 g/mol. The molecule has 0 bridgehead atoms. The molecule has 0 aliphatic heterocycles. The Kier molecular flexibility index (Phi) is 4.31. The first-order valence-electron chi connectivity index (χ1n) is 5.86. The van der Waals surface area contributed by atoms with Crippen molar-refractivity contribution in [1.29, 1.82) is 0 Å². The predicted molar refractivity (Wildman–Crippen MR) is 73.2 cm³/mol. The third-order valence-electron chi connectivity index (χ3n) is 2.69. The van der Waals surface area contributed by atoms with Crippen molar-refractivity contribution in [2.75, 3.05) is 0 Å². The molecular formula is C13H13BrFN3O. The largest absolute Gasteiger partial charge is 0.346 e. The number of halogens is 2. The second kappa shape index (κ2) is 5.97. The summed E-state index contributed by atoms with van der Waals surface area (Å²) in [6, 6.07) is 6.29. The Balaban J connectivity index is 2.02. The van der Waals surface area contributed by atoms with Gasteiger partial charge >= 0.3 is 0 Å². The van der Waals surface area contributed by atoms with E-state index in [1.807, 2.05) is 6.92 Å². The maximum absolute atomic E-state index is 13.5. The molecule has 4 nitrogen and oxygen atoms in total. The van der Waals surface area contributed by atoms with Crippen molar-refractivity contribution in [3.63, 3.8) is 0 Å². The number of hydrogen-bond donors (Lipinski definition) is 2. The number of carbonyl (C=O) groups excluding carboxylic acids is 1. The van der Waals surface area contributed by atoms with Gasteiger partial charge in [-0.15, -0.1) is 0 Å². The van der Waals surface area contributed by atoms with Gasteiger partial charge in [0.15, 0.2) is 0 Å². The summed E-state index contributed by atoms with van der Waals surface area (Å²) in [4.78, 5) is 11.8. The van der Waals surface area contributed by atoms with Gasteiger partial charge in [-0.1, -0.05) is 22.9 Å². The van der Waals surface area contributed by atoms with Crippen molar-refractivity contribution in [3.05, 3.63) is 51.5 Å². The fraction of sp³-hybridized carbons (Fsp3) is 0.231. The molecule has 0 radical (unpaired) electrons. The normalized spacial score (nSPS) is 10.5. The summed E-state index contributed by atoms with van der Waals surface area (Å²) in [5.74, 6) is -0.671. The van der Waals surface area contributed by atoms with Crippen LogP contribution in [0.1, 0.15) is 28.7 Å². The zero-order valence-electron chi connectivity index (χ0n) is 10.3. The van der Waals surface area contributed by atoms with E-state index in [1.165, 1.54) is 6.07 Å². The van der Waals surface area contributed by atoms with Crippen molar-refractivity contribution in [3.8, 4) is 0 Å². The van der Waals surface area contributed by atoms with Crippen LogP contribution in [-0.2, 0) is 13.0 Å². The summed E-state index contributed by atoms with van der Waals surface area (Å²) in [7, 11) is 0. The second-order valence-corrected chi connectivity index (χ2v) is 4.97. The van der Waals surface area contributed by atoms with Gasteiger partial charge in [-0.25, -0.2) is 4.39 Å². The fourth-order valence-electron chi connectivity index (χ4n) is 1.60. The molecule has 0 aliphatic carbocycles. The number of benzene rings is 1. The Labute approximate surface area is 118 Å². The quantitative estimate of drug-likeness (QED) is 0.908. The standard InChI is InChI=1S/C13H13BrFN3O/c1-2-10-6-12(18-17-10)13(19)16-7-8-5-9(14)3-4-11(8)15/h3-6H,2,7H2,1H3,(H,16,19)(H,17,18). The molecule has 100 valence electrons. The monoisotopic (exact) mass is 325 g/mol. The van der Waals surface area contributed by atoms with Crippen LogP contribution in [0.3, 0.4) is 0 Å². The van der Waals surface area contributed by atoms with Crippen molar-refractivity contribution >= 4 is 21.8 Å². The number of rotatable bonds is 4. The average Bonchev–Trinajstić information content (AvgIpc) is 2.88. The molecule has 1 aromatic heterocycles. The van der Waals surface area contributed by atoms with Crippen LogP contribution in [0.4, 0.5) is 4.39 Å². The Morgan fingerprint density at radius 2 is 2.26 bits per heavy atom. The number of H-pyrrole nitrogens is 1. The summed E-state index contributed by atoms with van der Waals surface area (Å²) < 4.78 is 14.3. The topological polar surface area (TPSA) is 57.8 Å². The van der Waals surface area contributed by atoms with E-state index >= 15 is 0 Å². The van der Waals surface area contributed by atoms with Gasteiger partial charge in [0.2, 0.25) is 0 Å². The highest BCUT2D eigenvalue weighted by atomic mass is 79.9. The lowest BCUT2D eigenvalue weighted by atomic mass is 10.2. The number of aromatic nitrogens is 2. The molecule has 0 spiro atoms. The molecule has 1 amide bonds. The minimum atomic E-state index is -0.347. The van der Waals surface area contributed by atoms with Crippen LogP contribution in [0.2, 0.25) is 0 Å². The van der Waals surface area contributed by atoms with Crippen molar-refractivity contribution < 1.29 is 9.18 Å². The van der Waals surface area contributed by atoms with Crippen LogP contribution in [0.5, 0.6) is 0 Å². The maximum Gasteiger partial charge on any atom is 0.272 e. The summed E-state index contributed by atoms with van der Waals surface area (Å²) in [6.07, 6.45) is 0.778. The summed E-state index contributed by atoms with van der Waals surface area (Å²) in [5, 5.41) is 9.30. The van der Waals surface area contributed by atoms with E-state index in [-0.39, 0.29) is 18.3 Å². The average molecular weight is 326 g/mol. The molecule has 0 fully saturated rings. The van der Waals surface area contributed by atoms with Crippen LogP contribution in [-0.4, -0.2) is 16.1 Å². The molecule has 0 aliphatic rings. The van der Waals surface area contributed by atoms with Gasteiger partial charge in [-0.3, -0.25) is 9.89 Å². The number of nitrogens with one attached hydrogen (secondary N) is 2. The minimum Gasteiger partial charge on any atom is -0.346 e. The molecule has 0 saturated heterocycles. The van der Waals surface area contributed by atoms with Crippen LogP contribution >= 0.6 is 15.9 Å². The molecule has 19 heavy (non-hydrogen) atoms. The Hall–Kier alpha value is -1.69. The van der Waals surface area contributed by atoms with E-state index in [0.29, 0.717) is 11.3 Å². The van der Waals surface area contributed by atoms with E-state index in [0.717, 1.165) is 16.6 Å². The number of aromatic amines is 1. The van der Waals surface area contributed by atoms with Crippen molar-refractivity contribution in [1.82, 2.24) is 15.5 Å². The molecule has 1 heterocycles. The van der Waals surface area contributed by atoms with E-state index in [9.17, 15) is 9.18 Å². The molecule has 2 rings (SSSR count). The lowest BCUT2D eigenvalue weighted by Crippen LogP contribution is -2.23. The van der Waals surface area contributed by atoms with Crippen molar-refractivity contribution in [2.45, 2.75) is 19.9 Å². The highest BCUT2D eigenvalue weighted by Gasteiger charge is 2.11. The van der Waals surface area contributed by atoms with Crippen molar-refractivity contribution in [2.24, 2.45) is 0 Å². The number of amides is 1. The zero-order chi connectivity index (χ0) is 13.8. The number of nitrogens with zero attached hydrogens (tertiary/aromatic N) is 1. The Morgan fingerprint density at radius 1 is 1.47 bits per heavy atom. The van der Waals surface area contributed by atoms with E-state index in [4.69, 9.17) is 0 Å². The van der Waals surface area contributed by atoms with Gasteiger partial charge in [-0.05, 0) is 30.7 Å². The highest BCUT2D eigenvalue weighted by molar-refractivity contribution is 9.10. The third-order valence-corrected chi connectivity index (χ3v) is 3.18. The van der Waals surface area contributed by atoms with Crippen LogP contribution < -0.4 is 5.32 Å². The van der Waals surface area contributed by atoms with Crippen LogP contribution in [0.25, 0.3) is 0 Å². The van der Waals surface area contributed by atoms with Crippen LogP contribution in [0, 0.1) is 5.82 Å². The zero-order valence-corrected chi connectivity index (χ0v) is 11.9. The highest BCUT2D eigenvalue weighted by Crippen LogP contribution is 2.15. The summed E-state index contributed by atoms with van der Waals surface area (Å²) in [6.45, 7) is 2.09. The Morgan fingerprint density at radius 3 is 2.95 bits per heavy atom.